The molecule has 1 aliphatic rings. The van der Waals surface area contributed by atoms with Crippen LogP contribution in [0.15, 0.2) is 60.9 Å². The van der Waals surface area contributed by atoms with E-state index in [1.165, 1.54) is 5.69 Å². The molecule has 1 aromatic carbocycles. The highest BCUT2D eigenvalue weighted by Gasteiger charge is 2.19. The number of aromatic nitrogens is 3. The molecule has 5 rings (SSSR count). The van der Waals surface area contributed by atoms with Crippen LogP contribution < -0.4 is 5.32 Å². The van der Waals surface area contributed by atoms with E-state index in [1.807, 2.05) is 36.5 Å². The molecule has 0 bridgehead atoms. The Morgan fingerprint density at radius 2 is 1.87 bits per heavy atom. The normalized spacial score (nSPS) is 15.2. The van der Waals surface area contributed by atoms with Gasteiger partial charge in [-0.2, -0.15) is 5.26 Å². The number of rotatable bonds is 4. The van der Waals surface area contributed by atoms with Crippen molar-refractivity contribution in [2.24, 2.45) is 0 Å². The third-order valence-corrected chi connectivity index (χ3v) is 5.72. The average Bonchev–Trinajstić information content (AvgIpc) is 3.36. The summed E-state index contributed by atoms with van der Waals surface area (Å²) in [6.07, 6.45) is 5.27. The first-order valence-corrected chi connectivity index (χ1v) is 10.4. The first kappa shape index (κ1) is 18.6. The standard InChI is InChI=1S/C24H24N6/c25-15-18-4-6-19(7-5-18)24-22(17-29-13-2-10-26-12-14-29)30-16-20(8-9-23(30)28-24)21-3-1-11-27-21/h1,3-9,11,16,26-27H,2,10,12-14,17H2. The molecular formula is C24H24N6. The van der Waals surface area contributed by atoms with Gasteiger partial charge >= 0.3 is 0 Å². The summed E-state index contributed by atoms with van der Waals surface area (Å²) < 4.78 is 2.22. The summed E-state index contributed by atoms with van der Waals surface area (Å²) in [5, 5.41) is 12.6. The number of fused-ring (bicyclic) bond motifs is 1. The largest absolute Gasteiger partial charge is 0.361 e. The van der Waals surface area contributed by atoms with Crippen molar-refractivity contribution in [1.29, 1.82) is 5.26 Å². The van der Waals surface area contributed by atoms with Gasteiger partial charge in [-0.3, -0.25) is 4.90 Å². The molecule has 2 N–H and O–H groups in total. The number of imidazole rings is 1. The van der Waals surface area contributed by atoms with Crippen molar-refractivity contribution in [2.45, 2.75) is 13.0 Å². The van der Waals surface area contributed by atoms with E-state index in [1.54, 1.807) is 0 Å². The fourth-order valence-corrected chi connectivity index (χ4v) is 4.12. The van der Waals surface area contributed by atoms with E-state index in [4.69, 9.17) is 10.2 Å². The summed E-state index contributed by atoms with van der Waals surface area (Å²) in [5.41, 5.74) is 7.04. The van der Waals surface area contributed by atoms with E-state index < -0.39 is 0 Å². The number of nitriles is 1. The van der Waals surface area contributed by atoms with E-state index >= 15 is 0 Å². The molecule has 0 amide bonds. The van der Waals surface area contributed by atoms with E-state index in [-0.39, 0.29) is 0 Å². The fraction of sp³-hybridized carbons (Fsp3) is 0.250. The SMILES string of the molecule is N#Cc1ccc(-c2nc3ccc(-c4ccc[nH]4)cn3c2CN2CCCNCC2)cc1. The summed E-state index contributed by atoms with van der Waals surface area (Å²) in [6, 6.07) is 18.2. The van der Waals surface area contributed by atoms with E-state index in [0.717, 1.165) is 67.3 Å². The monoisotopic (exact) mass is 396 g/mol. The minimum atomic E-state index is 0.664. The fourth-order valence-electron chi connectivity index (χ4n) is 4.12. The van der Waals surface area contributed by atoms with E-state index in [2.05, 4.69) is 50.1 Å². The Balaban J connectivity index is 1.62. The van der Waals surface area contributed by atoms with Gasteiger partial charge in [0, 0.05) is 48.8 Å². The van der Waals surface area contributed by atoms with Gasteiger partial charge in [0.2, 0.25) is 0 Å². The van der Waals surface area contributed by atoms with Crippen LogP contribution in [0.1, 0.15) is 17.7 Å². The molecule has 0 aliphatic carbocycles. The number of aromatic amines is 1. The lowest BCUT2D eigenvalue weighted by molar-refractivity contribution is 0.281. The first-order chi connectivity index (χ1) is 14.8. The molecule has 6 nitrogen and oxygen atoms in total. The lowest BCUT2D eigenvalue weighted by Gasteiger charge is -2.20. The first-order valence-electron chi connectivity index (χ1n) is 10.4. The predicted molar refractivity (Wildman–Crippen MR) is 118 cm³/mol. The van der Waals surface area contributed by atoms with Crippen molar-refractivity contribution < 1.29 is 0 Å². The molecule has 4 aromatic rings. The Morgan fingerprint density at radius 1 is 1.00 bits per heavy atom. The van der Waals surface area contributed by atoms with Crippen LogP contribution in [0, 0.1) is 11.3 Å². The lowest BCUT2D eigenvalue weighted by Crippen LogP contribution is -2.28. The topological polar surface area (TPSA) is 72.1 Å². The molecule has 0 atom stereocenters. The van der Waals surface area contributed by atoms with E-state index in [9.17, 15) is 0 Å². The molecule has 0 unspecified atom stereocenters. The second-order valence-corrected chi connectivity index (χ2v) is 7.71. The van der Waals surface area contributed by atoms with Crippen molar-refractivity contribution in [1.82, 2.24) is 24.6 Å². The van der Waals surface area contributed by atoms with Crippen molar-refractivity contribution in [3.63, 3.8) is 0 Å². The molecule has 0 spiro atoms. The van der Waals surface area contributed by atoms with Crippen LogP contribution in [0.2, 0.25) is 0 Å². The third kappa shape index (κ3) is 3.61. The van der Waals surface area contributed by atoms with Gasteiger partial charge in [0.05, 0.1) is 23.0 Å². The van der Waals surface area contributed by atoms with Gasteiger partial charge < -0.3 is 14.7 Å². The smallest absolute Gasteiger partial charge is 0.137 e. The second kappa shape index (κ2) is 8.15. The Hall–Kier alpha value is -3.40. The molecule has 0 radical (unpaired) electrons. The number of nitrogens with zero attached hydrogens (tertiary/aromatic N) is 4. The number of nitrogens with one attached hydrogen (secondary N) is 2. The maximum Gasteiger partial charge on any atom is 0.137 e. The molecule has 4 heterocycles. The van der Waals surface area contributed by atoms with Gasteiger partial charge in [0.25, 0.3) is 0 Å². The van der Waals surface area contributed by atoms with Crippen LogP contribution in [0.3, 0.4) is 0 Å². The maximum atomic E-state index is 9.15. The summed E-state index contributed by atoms with van der Waals surface area (Å²) in [6.45, 7) is 5.02. The number of H-pyrrole nitrogens is 1. The van der Waals surface area contributed by atoms with E-state index in [0.29, 0.717) is 5.56 Å². The van der Waals surface area contributed by atoms with Crippen molar-refractivity contribution >= 4 is 5.65 Å². The molecular weight excluding hydrogens is 372 g/mol. The number of benzene rings is 1. The minimum Gasteiger partial charge on any atom is -0.361 e. The van der Waals surface area contributed by atoms with Gasteiger partial charge in [0.15, 0.2) is 0 Å². The number of hydrogen-bond donors (Lipinski definition) is 2. The Labute approximate surface area is 175 Å². The molecule has 3 aromatic heterocycles. The second-order valence-electron chi connectivity index (χ2n) is 7.71. The van der Waals surface area contributed by atoms with Crippen LogP contribution in [0.4, 0.5) is 0 Å². The van der Waals surface area contributed by atoms with Gasteiger partial charge in [-0.1, -0.05) is 12.1 Å². The highest BCUT2D eigenvalue weighted by Crippen LogP contribution is 2.28. The number of pyridine rings is 1. The van der Waals surface area contributed by atoms with Crippen molar-refractivity contribution in [3.05, 3.63) is 72.2 Å². The summed E-state index contributed by atoms with van der Waals surface area (Å²) >= 11 is 0. The minimum absolute atomic E-state index is 0.664. The quantitative estimate of drug-likeness (QED) is 0.552. The average molecular weight is 396 g/mol. The lowest BCUT2D eigenvalue weighted by atomic mass is 10.1. The van der Waals surface area contributed by atoms with Gasteiger partial charge in [-0.05, 0) is 55.9 Å². The molecule has 0 saturated carbocycles. The highest BCUT2D eigenvalue weighted by molar-refractivity contribution is 5.69. The van der Waals surface area contributed by atoms with Crippen molar-refractivity contribution in [2.75, 3.05) is 26.2 Å². The van der Waals surface area contributed by atoms with Crippen LogP contribution in [-0.4, -0.2) is 45.4 Å². The predicted octanol–water partition coefficient (Wildman–Crippen LogP) is 3.66. The van der Waals surface area contributed by atoms with Crippen LogP contribution in [0.25, 0.3) is 28.2 Å². The van der Waals surface area contributed by atoms with Gasteiger partial charge in [0.1, 0.15) is 5.65 Å². The zero-order valence-electron chi connectivity index (χ0n) is 16.8. The third-order valence-electron chi connectivity index (χ3n) is 5.72. The van der Waals surface area contributed by atoms with Crippen LogP contribution >= 0.6 is 0 Å². The molecule has 30 heavy (non-hydrogen) atoms. The molecule has 1 saturated heterocycles. The van der Waals surface area contributed by atoms with Crippen LogP contribution in [0.5, 0.6) is 0 Å². The van der Waals surface area contributed by atoms with Gasteiger partial charge in [-0.25, -0.2) is 4.98 Å². The highest BCUT2D eigenvalue weighted by atomic mass is 15.2. The summed E-state index contributed by atoms with van der Waals surface area (Å²) in [7, 11) is 0. The molecule has 1 fully saturated rings. The zero-order chi connectivity index (χ0) is 20.3. The van der Waals surface area contributed by atoms with Crippen LogP contribution in [-0.2, 0) is 6.54 Å². The molecule has 150 valence electrons. The summed E-state index contributed by atoms with van der Waals surface area (Å²) in [5.74, 6) is 0. The Kier molecular flexibility index (Phi) is 5.06. The number of hydrogen-bond acceptors (Lipinski definition) is 4. The zero-order valence-corrected chi connectivity index (χ0v) is 16.8. The van der Waals surface area contributed by atoms with Gasteiger partial charge in [-0.15, -0.1) is 0 Å². The van der Waals surface area contributed by atoms with Crippen molar-refractivity contribution in [3.8, 4) is 28.6 Å². The Morgan fingerprint density at radius 3 is 2.67 bits per heavy atom. The Bertz CT molecular complexity index is 1170. The molecule has 1 aliphatic heterocycles. The summed E-state index contributed by atoms with van der Waals surface area (Å²) in [4.78, 5) is 10.8. The maximum absolute atomic E-state index is 9.15. The molecule has 6 heteroatoms.